The number of hydrogen-bond donors (Lipinski definition) is 0. The van der Waals surface area contributed by atoms with Gasteiger partial charge in [0, 0.05) is 39.3 Å². The van der Waals surface area contributed by atoms with Gasteiger partial charge >= 0.3 is 6.18 Å². The molecule has 5 nitrogen and oxygen atoms in total. The molecule has 1 aliphatic heterocycles. The third-order valence-corrected chi connectivity index (χ3v) is 6.72. The van der Waals surface area contributed by atoms with Crippen LogP contribution in [-0.4, -0.2) is 67.5 Å². The molecule has 1 saturated carbocycles. The molecule has 2 aliphatic rings. The number of ether oxygens (including phenoxy) is 1. The van der Waals surface area contributed by atoms with Crippen LogP contribution in [0, 0.1) is 5.92 Å². The monoisotopic (exact) mass is 489 g/mol. The molecule has 1 aliphatic carbocycles. The van der Waals surface area contributed by atoms with Crippen molar-refractivity contribution in [1.82, 2.24) is 14.7 Å². The Morgan fingerprint density at radius 1 is 1.09 bits per heavy atom. The second-order valence-corrected chi connectivity index (χ2v) is 9.88. The van der Waals surface area contributed by atoms with Gasteiger partial charge in [-0.2, -0.15) is 13.2 Å². The zero-order valence-electron chi connectivity index (χ0n) is 20.5. The first-order valence-corrected chi connectivity index (χ1v) is 12.2. The van der Waals surface area contributed by atoms with E-state index in [1.165, 1.54) is 35.4 Å². The van der Waals surface area contributed by atoms with Crippen LogP contribution < -0.4 is 4.74 Å². The number of carbonyl (C=O) groups excluding carboxylic acids is 1. The molecule has 8 heteroatoms. The highest BCUT2D eigenvalue weighted by atomic mass is 19.4. The molecule has 1 fully saturated rings. The molecule has 0 saturated heterocycles. The minimum Gasteiger partial charge on any atom is -0.483 e. The van der Waals surface area contributed by atoms with Gasteiger partial charge in [-0.15, -0.1) is 0 Å². The summed E-state index contributed by atoms with van der Waals surface area (Å²) in [6, 6.07) is 11.4. The van der Waals surface area contributed by atoms with Crippen molar-refractivity contribution in [3.8, 4) is 5.75 Å². The van der Waals surface area contributed by atoms with Crippen LogP contribution >= 0.6 is 0 Å². The summed E-state index contributed by atoms with van der Waals surface area (Å²) >= 11 is 0. The Hall–Kier alpha value is -2.58. The van der Waals surface area contributed by atoms with Crippen molar-refractivity contribution in [1.29, 1.82) is 0 Å². The Balaban J connectivity index is 1.44. The fourth-order valence-corrected chi connectivity index (χ4v) is 4.57. The molecule has 0 atom stereocenters. The van der Waals surface area contributed by atoms with Crippen molar-refractivity contribution in [3.63, 3.8) is 0 Å². The lowest BCUT2D eigenvalue weighted by atomic mass is 9.98. The summed E-state index contributed by atoms with van der Waals surface area (Å²) in [4.78, 5) is 19.0. The molecule has 4 rings (SSSR count). The third kappa shape index (κ3) is 6.98. The molecular weight excluding hydrogens is 455 g/mol. The fourth-order valence-electron chi connectivity index (χ4n) is 4.57. The summed E-state index contributed by atoms with van der Waals surface area (Å²) < 4.78 is 46.5. The molecule has 0 N–H and O–H groups in total. The maximum Gasteiger partial charge on any atom is 0.416 e. The van der Waals surface area contributed by atoms with Crippen LogP contribution in [0.4, 0.5) is 13.2 Å². The highest BCUT2D eigenvalue weighted by Crippen LogP contribution is 2.34. The highest BCUT2D eigenvalue weighted by Gasteiger charge is 2.34. The number of hydrogen-bond acceptors (Lipinski definition) is 4. The SMILES string of the molecule is CN(C)CCN(Cc1ccccc1C(F)(F)F)C(=O)COc1cccc2c1CCN(CC1CC1)C2. The lowest BCUT2D eigenvalue weighted by molar-refractivity contribution is -0.140. The van der Waals surface area contributed by atoms with Crippen LogP contribution in [0.15, 0.2) is 42.5 Å². The second-order valence-electron chi connectivity index (χ2n) is 9.88. The Labute approximate surface area is 205 Å². The standard InChI is InChI=1S/C27H34F3N3O2/c1-31(2)14-15-33(18-22-6-3-4-8-24(22)27(28,29)30)26(34)19-35-25-9-5-7-21-17-32(13-12-23(21)25)16-20-10-11-20/h3-9,20H,10-19H2,1-2H3. The van der Waals surface area contributed by atoms with Crippen LogP contribution in [-0.2, 0) is 30.5 Å². The third-order valence-electron chi connectivity index (χ3n) is 6.72. The quantitative estimate of drug-likeness (QED) is 0.494. The summed E-state index contributed by atoms with van der Waals surface area (Å²) in [5, 5.41) is 0. The Morgan fingerprint density at radius 3 is 2.57 bits per heavy atom. The van der Waals surface area contributed by atoms with Crippen molar-refractivity contribution in [2.75, 3.05) is 46.9 Å². The van der Waals surface area contributed by atoms with Crippen molar-refractivity contribution >= 4 is 5.91 Å². The van der Waals surface area contributed by atoms with E-state index in [-0.39, 0.29) is 24.6 Å². The first-order valence-electron chi connectivity index (χ1n) is 12.2. The maximum atomic E-state index is 13.5. The number of nitrogens with zero attached hydrogens (tertiary/aromatic N) is 3. The lowest BCUT2D eigenvalue weighted by Crippen LogP contribution is -2.39. The van der Waals surface area contributed by atoms with Gasteiger partial charge in [0.2, 0.25) is 0 Å². The van der Waals surface area contributed by atoms with E-state index in [9.17, 15) is 18.0 Å². The Bertz CT molecular complexity index is 1020. The van der Waals surface area contributed by atoms with Gasteiger partial charge in [0.1, 0.15) is 5.75 Å². The number of likely N-dealkylation sites (N-methyl/N-ethyl adjacent to an activating group) is 1. The molecule has 0 spiro atoms. The van der Waals surface area contributed by atoms with E-state index in [1.54, 1.807) is 6.07 Å². The van der Waals surface area contributed by atoms with E-state index in [4.69, 9.17) is 4.74 Å². The summed E-state index contributed by atoms with van der Waals surface area (Å²) in [6.45, 7) is 3.53. The summed E-state index contributed by atoms with van der Waals surface area (Å²) in [5.41, 5.74) is 1.73. The van der Waals surface area contributed by atoms with E-state index in [0.29, 0.717) is 18.8 Å². The summed E-state index contributed by atoms with van der Waals surface area (Å²) in [5.74, 6) is 1.21. The smallest absolute Gasteiger partial charge is 0.416 e. The molecule has 35 heavy (non-hydrogen) atoms. The van der Waals surface area contributed by atoms with E-state index in [0.717, 1.165) is 43.6 Å². The molecule has 190 valence electrons. The van der Waals surface area contributed by atoms with E-state index in [1.807, 2.05) is 31.1 Å². The predicted octanol–water partition coefficient (Wildman–Crippen LogP) is 4.44. The number of alkyl halides is 3. The molecule has 1 heterocycles. The maximum absolute atomic E-state index is 13.5. The number of fused-ring (bicyclic) bond motifs is 1. The van der Waals surface area contributed by atoms with Gasteiger partial charge in [-0.1, -0.05) is 30.3 Å². The zero-order valence-corrected chi connectivity index (χ0v) is 20.5. The predicted molar refractivity (Wildman–Crippen MR) is 129 cm³/mol. The van der Waals surface area contributed by atoms with Crippen molar-refractivity contribution < 1.29 is 22.7 Å². The van der Waals surface area contributed by atoms with Gasteiger partial charge in [-0.3, -0.25) is 9.69 Å². The van der Waals surface area contributed by atoms with Crippen LogP contribution in [0.5, 0.6) is 5.75 Å². The van der Waals surface area contributed by atoms with Crippen LogP contribution in [0.2, 0.25) is 0 Å². The van der Waals surface area contributed by atoms with Gasteiger partial charge in [-0.05, 0) is 68.1 Å². The zero-order chi connectivity index (χ0) is 25.0. The summed E-state index contributed by atoms with van der Waals surface area (Å²) in [6.07, 6.45) is -0.950. The van der Waals surface area contributed by atoms with Crippen molar-refractivity contribution in [3.05, 3.63) is 64.7 Å². The molecule has 0 radical (unpaired) electrons. The number of benzene rings is 2. The van der Waals surface area contributed by atoms with Gasteiger partial charge < -0.3 is 14.5 Å². The molecule has 0 aromatic heterocycles. The van der Waals surface area contributed by atoms with E-state index in [2.05, 4.69) is 11.0 Å². The van der Waals surface area contributed by atoms with Crippen molar-refractivity contribution in [2.45, 2.75) is 38.5 Å². The molecule has 2 aromatic carbocycles. The highest BCUT2D eigenvalue weighted by molar-refractivity contribution is 5.78. The Morgan fingerprint density at radius 2 is 1.86 bits per heavy atom. The second kappa shape index (κ2) is 11.0. The molecule has 0 bridgehead atoms. The average Bonchev–Trinajstić information content (AvgIpc) is 3.63. The molecule has 0 unspecified atom stereocenters. The number of amides is 1. The molecular formula is C27H34F3N3O2. The number of rotatable bonds is 10. The van der Waals surface area contributed by atoms with Gasteiger partial charge in [-0.25, -0.2) is 0 Å². The van der Waals surface area contributed by atoms with Crippen LogP contribution in [0.3, 0.4) is 0 Å². The average molecular weight is 490 g/mol. The number of halogens is 3. The fraction of sp³-hybridized carbons (Fsp3) is 0.519. The first kappa shape index (κ1) is 25.5. The minimum atomic E-state index is -4.47. The number of carbonyl (C=O) groups is 1. The summed E-state index contributed by atoms with van der Waals surface area (Å²) in [7, 11) is 3.73. The molecule has 1 amide bonds. The largest absolute Gasteiger partial charge is 0.483 e. The van der Waals surface area contributed by atoms with Crippen LogP contribution in [0.25, 0.3) is 0 Å². The van der Waals surface area contributed by atoms with Gasteiger partial charge in [0.05, 0.1) is 5.56 Å². The van der Waals surface area contributed by atoms with Crippen LogP contribution in [0.1, 0.15) is 35.1 Å². The normalized spacial score (nSPS) is 16.3. The van der Waals surface area contributed by atoms with Gasteiger partial charge in [0.15, 0.2) is 6.61 Å². The Kier molecular flexibility index (Phi) is 8.02. The van der Waals surface area contributed by atoms with Gasteiger partial charge in [0.25, 0.3) is 5.91 Å². The van der Waals surface area contributed by atoms with E-state index >= 15 is 0 Å². The van der Waals surface area contributed by atoms with Crippen molar-refractivity contribution in [2.24, 2.45) is 5.92 Å². The van der Waals surface area contributed by atoms with E-state index < -0.39 is 11.7 Å². The molecule has 2 aromatic rings. The lowest BCUT2D eigenvalue weighted by Gasteiger charge is -2.30. The first-order chi connectivity index (χ1) is 16.7. The topological polar surface area (TPSA) is 36.0 Å². The minimum absolute atomic E-state index is 0.0833.